The van der Waals surface area contributed by atoms with Gasteiger partial charge in [0.15, 0.2) is 23.6 Å². The molecule has 0 radical (unpaired) electrons. The topological polar surface area (TPSA) is 95.9 Å². The standard InChI is InChI=1S/C19H19N5O3/c1-25-12-5-3-11(4-6-12)17-22-18(20)23-19-21-13-9-15-16(10-14(13)24(17)19)27-8-2-7-26-15/h3-6,9-10,17H,2,7-8H2,1H3,(H3,20,21,22,23). The average Bonchev–Trinajstić information content (AvgIpc) is 2.87. The van der Waals surface area contributed by atoms with Crippen molar-refractivity contribution in [3.8, 4) is 17.2 Å². The SMILES string of the molecule is COc1ccc(C2N=C(N)Nc3nc4cc5c(cc4n32)OCCCO5)cc1. The lowest BCUT2D eigenvalue weighted by Gasteiger charge is -2.24. The lowest BCUT2D eigenvalue weighted by Crippen LogP contribution is -2.31. The van der Waals surface area contributed by atoms with E-state index in [0.29, 0.717) is 30.9 Å². The summed E-state index contributed by atoms with van der Waals surface area (Å²) in [5, 5.41) is 3.05. The largest absolute Gasteiger partial charge is 0.497 e. The minimum absolute atomic E-state index is 0.327. The molecule has 5 rings (SSSR count). The van der Waals surface area contributed by atoms with Crippen LogP contribution in [0, 0.1) is 0 Å². The maximum absolute atomic E-state index is 6.01. The van der Waals surface area contributed by atoms with Crippen molar-refractivity contribution in [1.29, 1.82) is 0 Å². The van der Waals surface area contributed by atoms with Gasteiger partial charge in [-0.2, -0.15) is 0 Å². The highest BCUT2D eigenvalue weighted by molar-refractivity contribution is 5.95. The number of nitrogens with zero attached hydrogens (tertiary/aromatic N) is 3. The van der Waals surface area contributed by atoms with Gasteiger partial charge in [0.1, 0.15) is 5.75 Å². The molecule has 0 aliphatic carbocycles. The lowest BCUT2D eigenvalue weighted by molar-refractivity contribution is 0.297. The number of hydrogen-bond acceptors (Lipinski definition) is 7. The molecule has 138 valence electrons. The minimum atomic E-state index is -0.332. The zero-order valence-electron chi connectivity index (χ0n) is 14.8. The van der Waals surface area contributed by atoms with E-state index in [1.54, 1.807) is 7.11 Å². The zero-order chi connectivity index (χ0) is 18.4. The third-order valence-electron chi connectivity index (χ3n) is 4.72. The van der Waals surface area contributed by atoms with Crippen molar-refractivity contribution >= 4 is 22.9 Å². The van der Waals surface area contributed by atoms with Gasteiger partial charge in [-0.05, 0) is 17.7 Å². The number of imidazole rings is 1. The van der Waals surface area contributed by atoms with Crippen molar-refractivity contribution in [2.75, 3.05) is 25.6 Å². The number of anilines is 1. The van der Waals surface area contributed by atoms with Crippen molar-refractivity contribution < 1.29 is 14.2 Å². The Labute approximate surface area is 155 Å². The molecule has 1 unspecified atom stereocenters. The smallest absolute Gasteiger partial charge is 0.212 e. The maximum atomic E-state index is 6.01. The summed E-state index contributed by atoms with van der Waals surface area (Å²) >= 11 is 0. The minimum Gasteiger partial charge on any atom is -0.497 e. The number of nitrogens with one attached hydrogen (secondary N) is 1. The Kier molecular flexibility index (Phi) is 3.56. The van der Waals surface area contributed by atoms with Crippen LogP contribution in [-0.2, 0) is 0 Å². The number of benzene rings is 2. The van der Waals surface area contributed by atoms with Crippen LogP contribution < -0.4 is 25.3 Å². The van der Waals surface area contributed by atoms with Gasteiger partial charge in [0.25, 0.3) is 0 Å². The van der Waals surface area contributed by atoms with Crippen molar-refractivity contribution in [3.05, 3.63) is 42.0 Å². The van der Waals surface area contributed by atoms with Gasteiger partial charge < -0.3 is 19.9 Å². The van der Waals surface area contributed by atoms with Gasteiger partial charge in [-0.3, -0.25) is 9.88 Å². The fourth-order valence-corrected chi connectivity index (χ4v) is 3.42. The molecule has 0 fully saturated rings. The molecule has 1 atom stereocenters. The summed E-state index contributed by atoms with van der Waals surface area (Å²) in [6.07, 6.45) is 0.524. The van der Waals surface area contributed by atoms with Crippen molar-refractivity contribution in [3.63, 3.8) is 0 Å². The first-order valence-corrected chi connectivity index (χ1v) is 8.79. The van der Waals surface area contributed by atoms with Gasteiger partial charge in [-0.25, -0.2) is 9.98 Å². The van der Waals surface area contributed by atoms with Crippen molar-refractivity contribution in [2.45, 2.75) is 12.6 Å². The predicted octanol–water partition coefficient (Wildman–Crippen LogP) is 2.49. The summed E-state index contributed by atoms with van der Waals surface area (Å²) in [7, 11) is 1.64. The Morgan fingerprint density at radius 1 is 1.15 bits per heavy atom. The summed E-state index contributed by atoms with van der Waals surface area (Å²) in [5.41, 5.74) is 8.69. The molecule has 8 nitrogen and oxygen atoms in total. The van der Waals surface area contributed by atoms with Crippen LogP contribution in [0.5, 0.6) is 17.2 Å². The number of guanidine groups is 1. The third-order valence-corrected chi connectivity index (χ3v) is 4.72. The highest BCUT2D eigenvalue weighted by Crippen LogP contribution is 2.39. The highest BCUT2D eigenvalue weighted by atomic mass is 16.5. The van der Waals surface area contributed by atoms with Crippen LogP contribution in [-0.4, -0.2) is 35.8 Å². The second kappa shape index (κ2) is 6.08. The van der Waals surface area contributed by atoms with Crippen LogP contribution >= 0.6 is 0 Å². The van der Waals surface area contributed by atoms with E-state index in [2.05, 4.69) is 15.3 Å². The first kappa shape index (κ1) is 15.8. The molecular formula is C19H19N5O3. The van der Waals surface area contributed by atoms with Crippen LogP contribution in [0.2, 0.25) is 0 Å². The number of fused-ring (bicyclic) bond motifs is 4. The fraction of sp³-hybridized carbons (Fsp3) is 0.263. The summed E-state index contributed by atoms with van der Waals surface area (Å²) in [4.78, 5) is 9.28. The summed E-state index contributed by atoms with van der Waals surface area (Å²) < 4.78 is 18.9. The number of hydrogen-bond donors (Lipinski definition) is 2. The molecule has 2 aromatic carbocycles. The second-order valence-electron chi connectivity index (χ2n) is 6.43. The van der Waals surface area contributed by atoms with E-state index >= 15 is 0 Å². The van der Waals surface area contributed by atoms with Crippen LogP contribution in [0.3, 0.4) is 0 Å². The number of ether oxygens (including phenoxy) is 3. The summed E-state index contributed by atoms with van der Waals surface area (Å²) in [6.45, 7) is 1.26. The Hall–Kier alpha value is -3.42. The molecule has 0 spiro atoms. The first-order valence-electron chi connectivity index (χ1n) is 8.79. The lowest BCUT2D eigenvalue weighted by atomic mass is 10.1. The van der Waals surface area contributed by atoms with Crippen LogP contribution in [0.4, 0.5) is 5.95 Å². The Morgan fingerprint density at radius 2 is 1.89 bits per heavy atom. The molecule has 0 saturated heterocycles. The highest BCUT2D eigenvalue weighted by Gasteiger charge is 2.26. The Morgan fingerprint density at radius 3 is 2.63 bits per heavy atom. The van der Waals surface area contributed by atoms with Gasteiger partial charge in [0.2, 0.25) is 5.95 Å². The van der Waals surface area contributed by atoms with Crippen LogP contribution in [0.15, 0.2) is 41.4 Å². The molecular weight excluding hydrogens is 346 g/mol. The molecule has 27 heavy (non-hydrogen) atoms. The number of nitrogens with two attached hydrogens (primary N) is 1. The van der Waals surface area contributed by atoms with E-state index in [-0.39, 0.29) is 6.17 Å². The monoisotopic (exact) mass is 365 g/mol. The fourth-order valence-electron chi connectivity index (χ4n) is 3.42. The van der Waals surface area contributed by atoms with Gasteiger partial charge in [0, 0.05) is 18.6 Å². The molecule has 0 amide bonds. The van der Waals surface area contributed by atoms with E-state index in [9.17, 15) is 0 Å². The quantitative estimate of drug-likeness (QED) is 0.724. The number of rotatable bonds is 2. The molecule has 2 aliphatic heterocycles. The Balaban J connectivity index is 1.67. The summed E-state index contributed by atoms with van der Waals surface area (Å²) in [6, 6.07) is 11.6. The number of aliphatic imine (C=N–C) groups is 1. The van der Waals surface area contributed by atoms with Crippen molar-refractivity contribution in [1.82, 2.24) is 9.55 Å². The van der Waals surface area contributed by atoms with Crippen LogP contribution in [0.25, 0.3) is 11.0 Å². The molecule has 3 N–H and O–H groups in total. The van der Waals surface area contributed by atoms with Crippen LogP contribution in [0.1, 0.15) is 18.2 Å². The van der Waals surface area contributed by atoms with Gasteiger partial charge in [-0.1, -0.05) is 12.1 Å². The normalized spacial score (nSPS) is 18.3. The van der Waals surface area contributed by atoms with E-state index in [1.165, 1.54) is 0 Å². The number of methoxy groups -OCH3 is 1. The van der Waals surface area contributed by atoms with E-state index < -0.39 is 0 Å². The third kappa shape index (κ3) is 2.61. The predicted molar refractivity (Wildman–Crippen MR) is 102 cm³/mol. The van der Waals surface area contributed by atoms with Gasteiger partial charge >= 0.3 is 0 Å². The number of aromatic nitrogens is 2. The van der Waals surface area contributed by atoms with Crippen molar-refractivity contribution in [2.24, 2.45) is 10.7 Å². The van der Waals surface area contributed by atoms with Gasteiger partial charge in [-0.15, -0.1) is 0 Å². The van der Waals surface area contributed by atoms with E-state index in [1.807, 2.05) is 41.0 Å². The van der Waals surface area contributed by atoms with E-state index in [4.69, 9.17) is 19.9 Å². The Bertz CT molecular complexity index is 1040. The zero-order valence-corrected chi connectivity index (χ0v) is 14.8. The van der Waals surface area contributed by atoms with E-state index in [0.717, 1.165) is 34.5 Å². The summed E-state index contributed by atoms with van der Waals surface area (Å²) in [5.74, 6) is 3.19. The molecule has 3 heterocycles. The molecule has 2 aliphatic rings. The molecule has 0 saturated carbocycles. The second-order valence-corrected chi connectivity index (χ2v) is 6.43. The maximum Gasteiger partial charge on any atom is 0.212 e. The average molecular weight is 365 g/mol. The molecule has 1 aromatic heterocycles. The first-order chi connectivity index (χ1) is 13.2. The van der Waals surface area contributed by atoms with Gasteiger partial charge in [0.05, 0.1) is 31.4 Å². The molecule has 3 aromatic rings. The molecule has 8 heteroatoms. The molecule has 0 bridgehead atoms.